The van der Waals surface area contributed by atoms with Gasteiger partial charge in [0.1, 0.15) is 5.82 Å². The number of hydrogen-bond donors (Lipinski definition) is 1. The quantitative estimate of drug-likeness (QED) is 0.405. The van der Waals surface area contributed by atoms with Crippen LogP contribution in [0.1, 0.15) is 48.9 Å². The van der Waals surface area contributed by atoms with Crippen LogP contribution < -0.4 is 5.32 Å². The number of nitrogens with zero attached hydrogens (tertiary/aromatic N) is 3. The molecule has 2 saturated carbocycles. The third-order valence-corrected chi connectivity index (χ3v) is 9.17. The Morgan fingerprint density at radius 2 is 2.06 bits per heavy atom. The van der Waals surface area contributed by atoms with Crippen molar-refractivity contribution in [2.24, 2.45) is 17.8 Å². The first-order valence-electron chi connectivity index (χ1n) is 12.1. The average Bonchev–Trinajstić information content (AvgIpc) is 3.63. The monoisotopic (exact) mass is 480 g/mol. The van der Waals surface area contributed by atoms with Gasteiger partial charge in [-0.15, -0.1) is 21.5 Å². The topological polar surface area (TPSA) is 59.8 Å². The Kier molecular flexibility index (Phi) is 7.16. The molecule has 3 aromatic rings. The Balaban J connectivity index is 1.21. The highest BCUT2D eigenvalue weighted by molar-refractivity contribution is 7.99. The Hall–Kier alpha value is -2.12. The molecule has 33 heavy (non-hydrogen) atoms. The molecular formula is C26H32N4OS2. The number of thioether (sulfide) groups is 1. The van der Waals surface area contributed by atoms with E-state index in [1.807, 2.05) is 6.07 Å². The van der Waals surface area contributed by atoms with E-state index in [0.717, 1.165) is 42.2 Å². The molecule has 7 heteroatoms. The van der Waals surface area contributed by atoms with E-state index in [4.69, 9.17) is 0 Å². The highest BCUT2D eigenvalue weighted by Gasteiger charge is 2.42. The summed E-state index contributed by atoms with van der Waals surface area (Å²) in [4.78, 5) is 14.0. The van der Waals surface area contributed by atoms with Crippen molar-refractivity contribution in [2.45, 2.75) is 63.2 Å². The van der Waals surface area contributed by atoms with Gasteiger partial charge in [0.05, 0.1) is 5.75 Å². The number of thiophene rings is 1. The first-order valence-corrected chi connectivity index (χ1v) is 13.9. The third kappa shape index (κ3) is 5.52. The van der Waals surface area contributed by atoms with Crippen LogP contribution in [0.15, 0.2) is 53.0 Å². The summed E-state index contributed by atoms with van der Waals surface area (Å²) >= 11 is 3.24. The molecule has 4 atom stereocenters. The van der Waals surface area contributed by atoms with Crippen molar-refractivity contribution in [3.63, 3.8) is 0 Å². The van der Waals surface area contributed by atoms with Gasteiger partial charge in [-0.05, 0) is 67.4 Å². The van der Waals surface area contributed by atoms with Gasteiger partial charge in [-0.2, -0.15) is 0 Å². The Bertz CT molecular complexity index is 1050. The molecule has 2 aliphatic carbocycles. The zero-order valence-electron chi connectivity index (χ0n) is 19.2. The molecule has 0 radical (unpaired) electrons. The summed E-state index contributed by atoms with van der Waals surface area (Å²) in [5.74, 6) is 3.83. The van der Waals surface area contributed by atoms with Crippen LogP contribution in [0, 0.1) is 17.8 Å². The highest BCUT2D eigenvalue weighted by atomic mass is 32.2. The number of nitrogens with one attached hydrogen (secondary N) is 1. The number of carbonyl (C=O) groups excluding carboxylic acids is 1. The van der Waals surface area contributed by atoms with Crippen LogP contribution in [-0.4, -0.2) is 32.5 Å². The number of aryl methyl sites for hydroxylation is 1. The molecule has 2 heterocycles. The molecule has 0 saturated heterocycles. The number of benzene rings is 1. The summed E-state index contributed by atoms with van der Waals surface area (Å²) in [5, 5.41) is 15.2. The summed E-state index contributed by atoms with van der Waals surface area (Å²) in [6.07, 6.45) is 7.09. The van der Waals surface area contributed by atoms with Gasteiger partial charge in [0, 0.05) is 23.9 Å². The van der Waals surface area contributed by atoms with Crippen molar-refractivity contribution in [1.82, 2.24) is 20.1 Å². The molecule has 2 aromatic heterocycles. The molecule has 1 amide bonds. The van der Waals surface area contributed by atoms with E-state index >= 15 is 0 Å². The molecule has 1 aromatic carbocycles. The summed E-state index contributed by atoms with van der Waals surface area (Å²) in [7, 11) is 0. The molecule has 2 aliphatic rings. The molecule has 2 fully saturated rings. The first kappa shape index (κ1) is 22.7. The average molecular weight is 481 g/mol. The lowest BCUT2D eigenvalue weighted by molar-refractivity contribution is -0.119. The van der Waals surface area contributed by atoms with Crippen LogP contribution in [0.4, 0.5) is 0 Å². The molecule has 174 valence electrons. The van der Waals surface area contributed by atoms with Crippen LogP contribution in [0.25, 0.3) is 0 Å². The molecule has 1 N–H and O–H groups in total. The standard InChI is InChI=1S/C26H32N4OS2/c1-18(23-15-20-9-10-21(23)14-20)27-25(31)17-33-26-29-28-24(16-22-8-5-13-32-22)30(26)12-11-19-6-3-2-4-7-19/h2-8,13,18,20-21,23H,9-12,14-17H2,1H3,(H,27,31). The van der Waals surface area contributed by atoms with Crippen molar-refractivity contribution in [2.75, 3.05) is 5.75 Å². The maximum atomic E-state index is 12.8. The van der Waals surface area contributed by atoms with Gasteiger partial charge < -0.3 is 9.88 Å². The van der Waals surface area contributed by atoms with Gasteiger partial charge in [-0.1, -0.05) is 54.6 Å². The lowest BCUT2D eigenvalue weighted by Crippen LogP contribution is -2.40. The van der Waals surface area contributed by atoms with Crippen molar-refractivity contribution >= 4 is 29.0 Å². The fourth-order valence-electron chi connectivity index (χ4n) is 5.67. The fourth-order valence-corrected chi connectivity index (χ4v) is 7.17. The van der Waals surface area contributed by atoms with E-state index in [1.54, 1.807) is 11.3 Å². The predicted octanol–water partition coefficient (Wildman–Crippen LogP) is 5.21. The molecule has 5 nitrogen and oxygen atoms in total. The highest BCUT2D eigenvalue weighted by Crippen LogP contribution is 2.49. The van der Waals surface area contributed by atoms with Gasteiger partial charge in [0.25, 0.3) is 0 Å². The van der Waals surface area contributed by atoms with Crippen LogP contribution >= 0.6 is 23.1 Å². The zero-order valence-corrected chi connectivity index (χ0v) is 20.8. The van der Waals surface area contributed by atoms with Crippen LogP contribution in [-0.2, 0) is 24.2 Å². The third-order valence-electron chi connectivity index (χ3n) is 7.33. The molecule has 5 rings (SSSR count). The second kappa shape index (κ2) is 10.4. The van der Waals surface area contributed by atoms with E-state index < -0.39 is 0 Å². The Morgan fingerprint density at radius 1 is 1.18 bits per heavy atom. The van der Waals surface area contributed by atoms with Crippen LogP contribution in [0.2, 0.25) is 0 Å². The maximum absolute atomic E-state index is 12.8. The summed E-state index contributed by atoms with van der Waals surface area (Å²) < 4.78 is 2.20. The fraction of sp³-hybridized carbons (Fsp3) is 0.500. The van der Waals surface area contributed by atoms with Gasteiger partial charge in [-0.25, -0.2) is 0 Å². The van der Waals surface area contributed by atoms with Crippen molar-refractivity contribution in [3.05, 3.63) is 64.1 Å². The van der Waals surface area contributed by atoms with E-state index in [1.165, 1.54) is 47.9 Å². The SMILES string of the molecule is CC(NC(=O)CSc1nnc(Cc2cccs2)n1CCc1ccccc1)C1CC2CCC1C2. The lowest BCUT2D eigenvalue weighted by atomic mass is 9.84. The number of amides is 1. The minimum Gasteiger partial charge on any atom is -0.353 e. The normalized spacial score (nSPS) is 22.5. The minimum absolute atomic E-state index is 0.104. The predicted molar refractivity (Wildman–Crippen MR) is 135 cm³/mol. The molecule has 4 unspecified atom stereocenters. The first-order chi connectivity index (χ1) is 16.2. The number of carbonyl (C=O) groups is 1. The summed E-state index contributed by atoms with van der Waals surface area (Å²) in [6, 6.07) is 15.0. The largest absolute Gasteiger partial charge is 0.353 e. The molecule has 0 aliphatic heterocycles. The molecule has 2 bridgehead atoms. The zero-order chi connectivity index (χ0) is 22.6. The maximum Gasteiger partial charge on any atom is 0.230 e. The second-order valence-corrected chi connectivity index (χ2v) is 11.5. The summed E-state index contributed by atoms with van der Waals surface area (Å²) in [5.41, 5.74) is 1.29. The van der Waals surface area contributed by atoms with Gasteiger partial charge in [0.2, 0.25) is 5.91 Å². The Labute approximate surface area is 204 Å². The van der Waals surface area contributed by atoms with Crippen molar-refractivity contribution in [3.8, 4) is 0 Å². The van der Waals surface area contributed by atoms with E-state index in [0.29, 0.717) is 11.7 Å². The van der Waals surface area contributed by atoms with Crippen LogP contribution in [0.3, 0.4) is 0 Å². The number of aromatic nitrogens is 3. The number of hydrogen-bond acceptors (Lipinski definition) is 5. The lowest BCUT2D eigenvalue weighted by Gasteiger charge is -2.28. The summed E-state index contributed by atoms with van der Waals surface area (Å²) in [6.45, 7) is 3.00. The van der Waals surface area contributed by atoms with Crippen molar-refractivity contribution < 1.29 is 4.79 Å². The number of fused-ring (bicyclic) bond motifs is 2. The van der Waals surface area contributed by atoms with Gasteiger partial charge in [0.15, 0.2) is 5.16 Å². The van der Waals surface area contributed by atoms with E-state index in [-0.39, 0.29) is 11.9 Å². The molecule has 0 spiro atoms. The smallest absolute Gasteiger partial charge is 0.230 e. The Morgan fingerprint density at radius 3 is 2.79 bits per heavy atom. The van der Waals surface area contributed by atoms with Crippen LogP contribution in [0.5, 0.6) is 0 Å². The minimum atomic E-state index is 0.104. The number of rotatable bonds is 10. The second-order valence-electron chi connectivity index (χ2n) is 9.53. The molecular weight excluding hydrogens is 448 g/mol. The van der Waals surface area contributed by atoms with Crippen molar-refractivity contribution in [1.29, 1.82) is 0 Å². The van der Waals surface area contributed by atoms with Gasteiger partial charge >= 0.3 is 0 Å². The van der Waals surface area contributed by atoms with E-state index in [9.17, 15) is 4.79 Å². The van der Waals surface area contributed by atoms with E-state index in [2.05, 4.69) is 68.8 Å². The van der Waals surface area contributed by atoms with Gasteiger partial charge in [-0.3, -0.25) is 4.79 Å².